The minimum atomic E-state index is -2.99. The molecule has 80 valence electrons. The number of rotatable bonds is 2. The van der Waals surface area contributed by atoms with Gasteiger partial charge in [-0.3, -0.25) is 0 Å². The van der Waals surface area contributed by atoms with E-state index in [1.807, 2.05) is 0 Å². The van der Waals surface area contributed by atoms with Crippen LogP contribution in [0.25, 0.3) is 0 Å². The zero-order valence-electron chi connectivity index (χ0n) is 7.44. The maximum Gasteiger partial charge on any atom is 0.387 e. The summed E-state index contributed by atoms with van der Waals surface area (Å²) in [6.45, 7) is -2.99. The molecule has 1 aromatic carbocycles. The molecule has 0 atom stereocenters. The van der Waals surface area contributed by atoms with E-state index in [9.17, 15) is 13.2 Å². The lowest BCUT2D eigenvalue weighted by molar-refractivity contribution is -0.0501. The highest BCUT2D eigenvalue weighted by Crippen LogP contribution is 2.22. The predicted octanol–water partition coefficient (Wildman–Crippen LogP) is 3.17. The van der Waals surface area contributed by atoms with E-state index in [4.69, 9.17) is 0 Å². The fourth-order valence-corrected chi connectivity index (χ4v) is 1.08. The molecule has 0 aliphatic heterocycles. The van der Waals surface area contributed by atoms with E-state index in [-0.39, 0.29) is 11.3 Å². The molecular formula is C10H6BrF3O. The Morgan fingerprint density at radius 2 is 2.13 bits per heavy atom. The van der Waals surface area contributed by atoms with Gasteiger partial charge < -0.3 is 4.74 Å². The predicted molar refractivity (Wildman–Crippen MR) is 53.7 cm³/mol. The van der Waals surface area contributed by atoms with Crippen molar-refractivity contribution >= 4 is 15.9 Å². The monoisotopic (exact) mass is 278 g/mol. The zero-order valence-corrected chi connectivity index (χ0v) is 9.02. The van der Waals surface area contributed by atoms with Crippen LogP contribution in [0.1, 0.15) is 5.56 Å². The van der Waals surface area contributed by atoms with Crippen molar-refractivity contribution in [2.24, 2.45) is 0 Å². The molecule has 0 spiro atoms. The van der Waals surface area contributed by atoms with E-state index in [0.717, 1.165) is 6.07 Å². The number of hydrogen-bond acceptors (Lipinski definition) is 1. The molecule has 0 aromatic heterocycles. The Balaban J connectivity index is 3.08. The van der Waals surface area contributed by atoms with Crippen LogP contribution in [0.2, 0.25) is 0 Å². The van der Waals surface area contributed by atoms with Gasteiger partial charge in [0.15, 0.2) is 0 Å². The molecule has 5 heteroatoms. The summed E-state index contributed by atoms with van der Waals surface area (Å²) in [6, 6.07) is 3.66. The summed E-state index contributed by atoms with van der Waals surface area (Å²) in [5.41, 5.74) is -0.155. The summed E-state index contributed by atoms with van der Waals surface area (Å²) >= 11 is 3.02. The van der Waals surface area contributed by atoms with Gasteiger partial charge in [0.1, 0.15) is 17.1 Å². The van der Waals surface area contributed by atoms with E-state index < -0.39 is 12.4 Å². The summed E-state index contributed by atoms with van der Waals surface area (Å²) < 4.78 is 41.2. The Morgan fingerprint density at radius 1 is 1.40 bits per heavy atom. The number of alkyl halides is 3. The second-order valence-electron chi connectivity index (χ2n) is 2.43. The molecule has 1 aromatic rings. The zero-order chi connectivity index (χ0) is 11.3. The highest BCUT2D eigenvalue weighted by atomic mass is 79.9. The Morgan fingerprint density at radius 3 is 2.73 bits per heavy atom. The summed E-state index contributed by atoms with van der Waals surface area (Å²) in [6.07, 6.45) is 0. The lowest BCUT2D eigenvalue weighted by atomic mass is 10.2. The lowest BCUT2D eigenvalue weighted by Gasteiger charge is -2.06. The van der Waals surface area contributed by atoms with E-state index in [1.165, 1.54) is 12.1 Å². The number of ether oxygens (including phenoxy) is 1. The van der Waals surface area contributed by atoms with Crippen LogP contribution in [-0.4, -0.2) is 11.9 Å². The van der Waals surface area contributed by atoms with Crippen LogP contribution >= 0.6 is 15.9 Å². The highest BCUT2D eigenvalue weighted by molar-refractivity contribution is 9.09. The van der Waals surface area contributed by atoms with Gasteiger partial charge in [-0.05, 0) is 12.1 Å². The van der Waals surface area contributed by atoms with E-state index >= 15 is 0 Å². The van der Waals surface area contributed by atoms with Crippen LogP contribution in [0.15, 0.2) is 18.2 Å². The first-order chi connectivity index (χ1) is 7.15. The summed E-state index contributed by atoms with van der Waals surface area (Å²) in [5, 5.41) is 0.329. The van der Waals surface area contributed by atoms with Gasteiger partial charge in [-0.15, -0.1) is 0 Å². The van der Waals surface area contributed by atoms with Gasteiger partial charge in [0.2, 0.25) is 0 Å². The average Bonchev–Trinajstić information content (AvgIpc) is 2.16. The molecule has 0 aliphatic carbocycles. The first kappa shape index (κ1) is 11.9. The Bertz CT molecular complexity index is 395. The third kappa shape index (κ3) is 3.48. The molecule has 0 bridgehead atoms. The van der Waals surface area contributed by atoms with Gasteiger partial charge in [-0.2, -0.15) is 8.78 Å². The summed E-state index contributed by atoms with van der Waals surface area (Å²) in [5.74, 6) is 4.00. The molecule has 1 nitrogen and oxygen atoms in total. The third-order valence-electron chi connectivity index (χ3n) is 1.47. The average molecular weight is 279 g/mol. The molecule has 15 heavy (non-hydrogen) atoms. The van der Waals surface area contributed by atoms with Gasteiger partial charge in [-0.1, -0.05) is 33.8 Å². The van der Waals surface area contributed by atoms with Crippen molar-refractivity contribution in [2.45, 2.75) is 6.61 Å². The molecule has 0 N–H and O–H groups in total. The van der Waals surface area contributed by atoms with Gasteiger partial charge in [0.05, 0.1) is 5.33 Å². The van der Waals surface area contributed by atoms with E-state index in [1.54, 1.807) is 0 Å². The normalized spacial score (nSPS) is 9.67. The molecule has 0 amide bonds. The van der Waals surface area contributed by atoms with Crippen molar-refractivity contribution in [3.05, 3.63) is 29.6 Å². The second-order valence-corrected chi connectivity index (χ2v) is 2.99. The lowest BCUT2D eigenvalue weighted by Crippen LogP contribution is -2.04. The van der Waals surface area contributed by atoms with Gasteiger partial charge >= 0.3 is 6.61 Å². The fourth-order valence-electron chi connectivity index (χ4n) is 0.942. The molecule has 0 heterocycles. The topological polar surface area (TPSA) is 9.23 Å². The van der Waals surface area contributed by atoms with Crippen LogP contribution in [0.3, 0.4) is 0 Å². The highest BCUT2D eigenvalue weighted by Gasteiger charge is 2.11. The van der Waals surface area contributed by atoms with Crippen molar-refractivity contribution in [2.75, 3.05) is 5.33 Å². The van der Waals surface area contributed by atoms with Crippen LogP contribution in [0, 0.1) is 17.7 Å². The SMILES string of the molecule is Fc1cccc(OC(F)F)c1C#CCBr. The molecule has 0 fully saturated rings. The van der Waals surface area contributed by atoms with Gasteiger partial charge in [-0.25, -0.2) is 4.39 Å². The minimum Gasteiger partial charge on any atom is -0.433 e. The molecule has 0 unspecified atom stereocenters. The summed E-state index contributed by atoms with van der Waals surface area (Å²) in [4.78, 5) is 0. The minimum absolute atomic E-state index is 0.155. The fraction of sp³-hybridized carbons (Fsp3) is 0.200. The smallest absolute Gasteiger partial charge is 0.387 e. The van der Waals surface area contributed by atoms with Crippen molar-refractivity contribution in [1.82, 2.24) is 0 Å². The largest absolute Gasteiger partial charge is 0.433 e. The number of halogens is 4. The number of benzene rings is 1. The first-order valence-corrected chi connectivity index (χ1v) is 5.05. The third-order valence-corrected chi connectivity index (χ3v) is 1.75. The van der Waals surface area contributed by atoms with Crippen molar-refractivity contribution in [1.29, 1.82) is 0 Å². The standard InChI is InChI=1S/C10H6BrF3O/c11-6-2-3-7-8(12)4-1-5-9(7)15-10(13)14/h1,4-5,10H,6H2. The maximum absolute atomic E-state index is 13.2. The van der Waals surface area contributed by atoms with Gasteiger partial charge in [0.25, 0.3) is 0 Å². The molecule has 1 rings (SSSR count). The van der Waals surface area contributed by atoms with Gasteiger partial charge in [0, 0.05) is 0 Å². The molecule has 0 aliphatic rings. The molecule has 0 saturated carbocycles. The van der Waals surface area contributed by atoms with Crippen molar-refractivity contribution < 1.29 is 17.9 Å². The van der Waals surface area contributed by atoms with E-state index in [0.29, 0.717) is 5.33 Å². The molecule has 0 radical (unpaired) electrons. The molecular weight excluding hydrogens is 273 g/mol. The summed E-state index contributed by atoms with van der Waals surface area (Å²) in [7, 11) is 0. The van der Waals surface area contributed by atoms with Crippen LogP contribution in [-0.2, 0) is 0 Å². The van der Waals surface area contributed by atoms with E-state index in [2.05, 4.69) is 32.5 Å². The van der Waals surface area contributed by atoms with Crippen molar-refractivity contribution in [3.63, 3.8) is 0 Å². The maximum atomic E-state index is 13.2. The quantitative estimate of drug-likeness (QED) is 0.597. The number of hydrogen-bond donors (Lipinski definition) is 0. The second kappa shape index (κ2) is 5.66. The molecule has 0 saturated heterocycles. The first-order valence-electron chi connectivity index (χ1n) is 3.93. The Labute approximate surface area is 93.4 Å². The Hall–Kier alpha value is -1.15. The van der Waals surface area contributed by atoms with Crippen LogP contribution < -0.4 is 4.74 Å². The van der Waals surface area contributed by atoms with Crippen LogP contribution in [0.4, 0.5) is 13.2 Å². The van der Waals surface area contributed by atoms with Crippen LogP contribution in [0.5, 0.6) is 5.75 Å². The Kier molecular flexibility index (Phi) is 4.50. The van der Waals surface area contributed by atoms with Crippen molar-refractivity contribution in [3.8, 4) is 17.6 Å².